The number of likely N-dealkylation sites (tertiary alicyclic amines) is 1. The summed E-state index contributed by atoms with van der Waals surface area (Å²) in [7, 11) is 2.09. The monoisotopic (exact) mass is 358 g/mol. The second-order valence-electron chi connectivity index (χ2n) is 7.40. The molecule has 8 heteroatoms. The summed E-state index contributed by atoms with van der Waals surface area (Å²) >= 11 is 0. The van der Waals surface area contributed by atoms with Gasteiger partial charge in [0.1, 0.15) is 0 Å². The summed E-state index contributed by atoms with van der Waals surface area (Å²) in [5, 5.41) is 11.3. The number of hydrogen-bond acceptors (Lipinski definition) is 6. The van der Waals surface area contributed by atoms with E-state index in [1.807, 2.05) is 4.90 Å². The lowest BCUT2D eigenvalue weighted by molar-refractivity contribution is 0.0750. The highest BCUT2D eigenvalue weighted by molar-refractivity contribution is 5.94. The van der Waals surface area contributed by atoms with E-state index in [0.29, 0.717) is 30.0 Å². The van der Waals surface area contributed by atoms with Gasteiger partial charge in [0.05, 0.1) is 6.54 Å². The van der Waals surface area contributed by atoms with Gasteiger partial charge in [0, 0.05) is 37.3 Å². The topological polar surface area (TPSA) is 91.2 Å². The predicted octanol–water partition coefficient (Wildman–Crippen LogP) is 1.72. The molecule has 2 aromatic heterocycles. The molecule has 1 saturated heterocycles. The number of amides is 1. The van der Waals surface area contributed by atoms with Gasteiger partial charge in [-0.1, -0.05) is 5.16 Å². The predicted molar refractivity (Wildman–Crippen MR) is 94.7 cm³/mol. The first-order chi connectivity index (χ1) is 12.6. The summed E-state index contributed by atoms with van der Waals surface area (Å²) in [6, 6.07) is 0.413. The number of aromatic nitrogens is 4. The highest BCUT2D eigenvalue weighted by atomic mass is 16.5. The molecule has 1 N–H and O–H groups in total. The minimum Gasteiger partial charge on any atom is -0.340 e. The molecule has 1 atom stereocenters. The van der Waals surface area contributed by atoms with Crippen LogP contribution in [0.3, 0.4) is 0 Å². The van der Waals surface area contributed by atoms with Crippen molar-refractivity contribution in [1.82, 2.24) is 30.1 Å². The van der Waals surface area contributed by atoms with Crippen LogP contribution in [0.2, 0.25) is 0 Å². The van der Waals surface area contributed by atoms with Gasteiger partial charge in [0.15, 0.2) is 11.5 Å². The first kappa shape index (κ1) is 17.2. The molecule has 0 bridgehead atoms. The number of nitrogens with zero attached hydrogens (tertiary/aromatic N) is 5. The summed E-state index contributed by atoms with van der Waals surface area (Å²) in [4.78, 5) is 21.5. The van der Waals surface area contributed by atoms with Crippen LogP contribution in [-0.4, -0.2) is 62.2 Å². The molecule has 1 amide bonds. The van der Waals surface area contributed by atoms with E-state index in [2.05, 4.69) is 32.3 Å². The van der Waals surface area contributed by atoms with Gasteiger partial charge >= 0.3 is 0 Å². The second-order valence-corrected chi connectivity index (χ2v) is 7.40. The Morgan fingerprint density at radius 3 is 3.00 bits per heavy atom. The Hall–Kier alpha value is -2.22. The van der Waals surface area contributed by atoms with Crippen molar-refractivity contribution in [1.29, 1.82) is 0 Å². The summed E-state index contributed by atoms with van der Waals surface area (Å²) in [6.07, 6.45) is 6.11. The number of aryl methyl sites for hydroxylation is 2. The first-order valence-corrected chi connectivity index (χ1v) is 9.46. The number of hydrogen-bond donors (Lipinski definition) is 1. The van der Waals surface area contributed by atoms with Crippen LogP contribution in [-0.2, 0) is 19.4 Å². The summed E-state index contributed by atoms with van der Waals surface area (Å²) in [6.45, 7) is 4.03. The Morgan fingerprint density at radius 2 is 2.19 bits per heavy atom. The first-order valence-electron chi connectivity index (χ1n) is 9.46. The van der Waals surface area contributed by atoms with Gasteiger partial charge in [-0.3, -0.25) is 14.8 Å². The average molecular weight is 358 g/mol. The molecule has 0 radical (unpaired) electrons. The molecule has 140 valence electrons. The molecule has 26 heavy (non-hydrogen) atoms. The summed E-state index contributed by atoms with van der Waals surface area (Å²) in [5.41, 5.74) is 2.93. The largest absolute Gasteiger partial charge is 0.340 e. The van der Waals surface area contributed by atoms with Crippen molar-refractivity contribution in [2.45, 2.75) is 58.0 Å². The van der Waals surface area contributed by atoms with Crippen molar-refractivity contribution in [2.24, 2.45) is 0 Å². The number of carbonyl (C=O) groups excluding carboxylic acids is 1. The molecule has 1 aliphatic heterocycles. The third-order valence-electron chi connectivity index (χ3n) is 5.58. The van der Waals surface area contributed by atoms with Gasteiger partial charge < -0.3 is 9.42 Å². The molecule has 1 fully saturated rings. The highest BCUT2D eigenvalue weighted by Crippen LogP contribution is 2.25. The molecule has 0 saturated carbocycles. The van der Waals surface area contributed by atoms with E-state index in [1.54, 1.807) is 6.92 Å². The SMILES string of the molecule is Cc1nc(CN(C)[C@@H]2CCCN(C(=O)c3n[nH]c4c3CCC4)CC2)no1. The quantitative estimate of drug-likeness (QED) is 0.895. The van der Waals surface area contributed by atoms with Gasteiger partial charge in [-0.2, -0.15) is 10.1 Å². The van der Waals surface area contributed by atoms with Crippen LogP contribution in [0.1, 0.15) is 59.1 Å². The molecule has 8 nitrogen and oxygen atoms in total. The van der Waals surface area contributed by atoms with Crippen molar-refractivity contribution in [3.63, 3.8) is 0 Å². The zero-order valence-electron chi connectivity index (χ0n) is 15.5. The minimum absolute atomic E-state index is 0.0847. The van der Waals surface area contributed by atoms with Crippen LogP contribution in [0.5, 0.6) is 0 Å². The fourth-order valence-corrected chi connectivity index (χ4v) is 4.13. The van der Waals surface area contributed by atoms with Crippen LogP contribution in [0.25, 0.3) is 0 Å². The van der Waals surface area contributed by atoms with E-state index in [9.17, 15) is 4.79 Å². The van der Waals surface area contributed by atoms with E-state index >= 15 is 0 Å². The van der Waals surface area contributed by atoms with Gasteiger partial charge in [0.2, 0.25) is 5.89 Å². The van der Waals surface area contributed by atoms with E-state index in [4.69, 9.17) is 4.52 Å². The molecular formula is C18H26N6O2. The zero-order chi connectivity index (χ0) is 18.1. The molecular weight excluding hydrogens is 332 g/mol. The molecule has 2 aromatic rings. The highest BCUT2D eigenvalue weighted by Gasteiger charge is 2.29. The number of aromatic amines is 1. The fourth-order valence-electron chi connectivity index (χ4n) is 4.13. The van der Waals surface area contributed by atoms with Crippen LogP contribution >= 0.6 is 0 Å². The van der Waals surface area contributed by atoms with E-state index in [0.717, 1.165) is 62.9 Å². The number of nitrogens with one attached hydrogen (secondary N) is 1. The zero-order valence-corrected chi connectivity index (χ0v) is 15.5. The Labute approximate surface area is 152 Å². The number of fused-ring (bicyclic) bond motifs is 1. The van der Waals surface area contributed by atoms with Crippen LogP contribution in [0, 0.1) is 6.92 Å². The lowest BCUT2D eigenvalue weighted by Crippen LogP contribution is -2.35. The Bertz CT molecular complexity index is 782. The molecule has 2 aliphatic rings. The van der Waals surface area contributed by atoms with E-state index in [-0.39, 0.29) is 5.91 Å². The Kier molecular flexibility index (Phi) is 4.76. The Balaban J connectivity index is 1.37. The third-order valence-corrected chi connectivity index (χ3v) is 5.58. The average Bonchev–Trinajstić information content (AvgIpc) is 3.27. The number of rotatable bonds is 4. The molecule has 3 heterocycles. The Morgan fingerprint density at radius 1 is 1.31 bits per heavy atom. The van der Waals surface area contributed by atoms with Crippen molar-refractivity contribution < 1.29 is 9.32 Å². The van der Waals surface area contributed by atoms with Gasteiger partial charge in [-0.05, 0) is 45.6 Å². The molecule has 0 spiro atoms. The van der Waals surface area contributed by atoms with Crippen molar-refractivity contribution >= 4 is 5.91 Å². The van der Waals surface area contributed by atoms with Crippen molar-refractivity contribution in [3.05, 3.63) is 28.7 Å². The minimum atomic E-state index is 0.0847. The number of H-pyrrole nitrogens is 1. The van der Waals surface area contributed by atoms with Gasteiger partial charge in [0.25, 0.3) is 5.91 Å². The maximum atomic E-state index is 12.9. The lowest BCUT2D eigenvalue weighted by atomic mass is 10.1. The summed E-state index contributed by atoms with van der Waals surface area (Å²) < 4.78 is 5.05. The molecule has 0 aromatic carbocycles. The van der Waals surface area contributed by atoms with Gasteiger partial charge in [-0.25, -0.2) is 0 Å². The number of carbonyl (C=O) groups is 1. The normalized spacial score (nSPS) is 20.4. The standard InChI is InChI=1S/C18H26N6O2/c1-12-19-16(22-26-12)11-23(2)13-5-4-9-24(10-8-13)18(25)17-14-6-3-7-15(14)20-21-17/h13H,3-11H2,1-2H3,(H,20,21)/t13-/m1/s1. The van der Waals surface area contributed by atoms with E-state index in [1.165, 1.54) is 0 Å². The summed E-state index contributed by atoms with van der Waals surface area (Å²) in [5.74, 6) is 1.40. The van der Waals surface area contributed by atoms with E-state index < -0.39 is 0 Å². The fraction of sp³-hybridized carbons (Fsp3) is 0.667. The van der Waals surface area contributed by atoms with Crippen LogP contribution < -0.4 is 0 Å². The third kappa shape index (κ3) is 3.38. The lowest BCUT2D eigenvalue weighted by Gasteiger charge is -2.26. The van der Waals surface area contributed by atoms with Crippen LogP contribution in [0.15, 0.2) is 4.52 Å². The van der Waals surface area contributed by atoms with Gasteiger partial charge in [-0.15, -0.1) is 0 Å². The molecule has 0 unspecified atom stereocenters. The second kappa shape index (κ2) is 7.19. The molecule has 1 aliphatic carbocycles. The maximum absolute atomic E-state index is 12.9. The van der Waals surface area contributed by atoms with Crippen LogP contribution in [0.4, 0.5) is 0 Å². The van der Waals surface area contributed by atoms with Crippen molar-refractivity contribution in [3.8, 4) is 0 Å². The maximum Gasteiger partial charge on any atom is 0.274 e. The molecule has 4 rings (SSSR count). The van der Waals surface area contributed by atoms with Crippen molar-refractivity contribution in [2.75, 3.05) is 20.1 Å². The smallest absolute Gasteiger partial charge is 0.274 e.